The highest BCUT2D eigenvalue weighted by Gasteiger charge is 2.28. The summed E-state index contributed by atoms with van der Waals surface area (Å²) in [5.74, 6) is 2.17. The van der Waals surface area contributed by atoms with E-state index >= 15 is 0 Å². The van der Waals surface area contributed by atoms with Crippen LogP contribution in [0.25, 0.3) is 0 Å². The van der Waals surface area contributed by atoms with E-state index in [1.165, 1.54) is 0 Å². The van der Waals surface area contributed by atoms with Crippen LogP contribution in [-0.2, 0) is 6.54 Å². The molecule has 0 radical (unpaired) electrons. The average molecular weight is 281 g/mol. The maximum atomic E-state index is 4.39. The quantitative estimate of drug-likeness (QED) is 0.670. The number of rotatable bonds is 3. The Morgan fingerprint density at radius 1 is 1.53 bits per heavy atom. The predicted molar refractivity (Wildman–Crippen MR) is 81.7 cm³/mol. The summed E-state index contributed by atoms with van der Waals surface area (Å²) in [6.07, 6.45) is 5.62. The summed E-state index contributed by atoms with van der Waals surface area (Å²) in [5.41, 5.74) is 0. The molecule has 1 aromatic rings. The summed E-state index contributed by atoms with van der Waals surface area (Å²) in [6.45, 7) is 8.48. The molecule has 1 aromatic heterocycles. The van der Waals surface area contributed by atoms with Crippen molar-refractivity contribution in [1.82, 2.24) is 19.8 Å². The highest BCUT2D eigenvalue weighted by molar-refractivity contribution is 8.00. The lowest BCUT2D eigenvalue weighted by atomic mass is 10.2. The van der Waals surface area contributed by atoms with Gasteiger partial charge in [-0.2, -0.15) is 11.8 Å². The molecular weight excluding hydrogens is 258 g/mol. The summed E-state index contributed by atoms with van der Waals surface area (Å²) < 4.78 is 2.37. The number of nitrogens with zero attached hydrogens (tertiary/aromatic N) is 4. The zero-order valence-electron chi connectivity index (χ0n) is 12.0. The van der Waals surface area contributed by atoms with Crippen molar-refractivity contribution in [1.29, 1.82) is 0 Å². The number of thioether (sulfide) groups is 1. The topological polar surface area (TPSA) is 45.5 Å². The molecule has 0 atom stereocenters. The summed E-state index contributed by atoms with van der Waals surface area (Å²) in [7, 11) is 1.86. The number of hydrogen-bond donors (Lipinski definition) is 1. The second-order valence-corrected chi connectivity index (χ2v) is 7.11. The average Bonchev–Trinajstić information content (AvgIpc) is 2.86. The third-order valence-corrected chi connectivity index (χ3v) is 4.45. The predicted octanol–water partition coefficient (Wildman–Crippen LogP) is 1.29. The first-order valence-corrected chi connectivity index (χ1v) is 7.64. The second-order valence-electron chi connectivity index (χ2n) is 5.30. The maximum Gasteiger partial charge on any atom is 0.193 e. The molecule has 6 heteroatoms. The number of guanidine groups is 1. The van der Waals surface area contributed by atoms with Gasteiger partial charge >= 0.3 is 0 Å². The Morgan fingerprint density at radius 3 is 3.00 bits per heavy atom. The highest BCUT2D eigenvalue weighted by atomic mass is 32.2. The molecule has 1 aliphatic heterocycles. The molecule has 19 heavy (non-hydrogen) atoms. The molecule has 0 amide bonds. The van der Waals surface area contributed by atoms with Crippen molar-refractivity contribution in [3.05, 3.63) is 18.7 Å². The molecule has 0 spiro atoms. The van der Waals surface area contributed by atoms with Crippen molar-refractivity contribution in [2.75, 3.05) is 32.4 Å². The van der Waals surface area contributed by atoms with E-state index in [1.807, 2.05) is 31.3 Å². The van der Waals surface area contributed by atoms with Gasteiger partial charge in [0.2, 0.25) is 0 Å². The van der Waals surface area contributed by atoms with Crippen molar-refractivity contribution in [3.63, 3.8) is 0 Å². The molecule has 1 aliphatic rings. The normalized spacial score (nSPS) is 19.5. The molecule has 5 nitrogen and oxygen atoms in total. The molecule has 0 bridgehead atoms. The first-order valence-electron chi connectivity index (χ1n) is 6.66. The van der Waals surface area contributed by atoms with E-state index in [0.717, 1.165) is 37.9 Å². The molecule has 0 aliphatic carbocycles. The summed E-state index contributed by atoms with van der Waals surface area (Å²) in [4.78, 5) is 10.8. The summed E-state index contributed by atoms with van der Waals surface area (Å²) >= 11 is 2.04. The fraction of sp³-hybridized carbons (Fsp3) is 0.692. The number of aliphatic imine (C=N–C) groups is 1. The minimum Gasteiger partial charge on any atom is -0.354 e. The van der Waals surface area contributed by atoms with Gasteiger partial charge in [-0.05, 0) is 13.8 Å². The molecule has 1 saturated heterocycles. The monoisotopic (exact) mass is 281 g/mol. The van der Waals surface area contributed by atoms with E-state index in [1.54, 1.807) is 6.20 Å². The van der Waals surface area contributed by atoms with Crippen LogP contribution in [0.4, 0.5) is 0 Å². The van der Waals surface area contributed by atoms with Gasteiger partial charge < -0.3 is 14.8 Å². The van der Waals surface area contributed by atoms with Crippen molar-refractivity contribution in [2.45, 2.75) is 25.1 Å². The molecule has 2 rings (SSSR count). The van der Waals surface area contributed by atoms with Crippen LogP contribution in [0.1, 0.15) is 13.8 Å². The Morgan fingerprint density at radius 2 is 2.37 bits per heavy atom. The lowest BCUT2D eigenvalue weighted by molar-refractivity contribution is 0.375. The van der Waals surface area contributed by atoms with Crippen LogP contribution >= 0.6 is 11.8 Å². The smallest absolute Gasteiger partial charge is 0.193 e. The van der Waals surface area contributed by atoms with Gasteiger partial charge in [0.25, 0.3) is 0 Å². The van der Waals surface area contributed by atoms with E-state index in [0.29, 0.717) is 4.75 Å². The zero-order valence-corrected chi connectivity index (χ0v) is 12.8. The van der Waals surface area contributed by atoms with E-state index < -0.39 is 0 Å². The van der Waals surface area contributed by atoms with Crippen LogP contribution in [0.15, 0.2) is 23.7 Å². The summed E-state index contributed by atoms with van der Waals surface area (Å²) in [5, 5.41) is 3.43. The molecule has 106 valence electrons. The third kappa shape index (κ3) is 4.16. The fourth-order valence-corrected chi connectivity index (χ4v) is 3.36. The fourth-order valence-electron chi connectivity index (χ4n) is 2.25. The van der Waals surface area contributed by atoms with E-state index in [2.05, 4.69) is 38.6 Å². The van der Waals surface area contributed by atoms with Crippen molar-refractivity contribution < 1.29 is 0 Å². The first kappa shape index (κ1) is 14.2. The van der Waals surface area contributed by atoms with Gasteiger partial charge in [0.15, 0.2) is 5.96 Å². The van der Waals surface area contributed by atoms with Gasteiger partial charge in [0.1, 0.15) is 0 Å². The van der Waals surface area contributed by atoms with Gasteiger partial charge in [-0.1, -0.05) is 0 Å². The molecule has 0 unspecified atom stereocenters. The second kappa shape index (κ2) is 6.32. The molecule has 1 fully saturated rings. The Balaban J connectivity index is 1.83. The van der Waals surface area contributed by atoms with Crippen LogP contribution < -0.4 is 5.32 Å². The van der Waals surface area contributed by atoms with Gasteiger partial charge in [0.05, 0.1) is 6.33 Å². The Kier molecular flexibility index (Phi) is 4.74. The minimum absolute atomic E-state index is 0.306. The number of imidazole rings is 1. The lowest BCUT2D eigenvalue weighted by Crippen LogP contribution is -2.51. The maximum absolute atomic E-state index is 4.39. The zero-order chi connectivity index (χ0) is 13.7. The molecule has 0 aromatic carbocycles. The SMILES string of the molecule is CN=C(NCCn1ccnc1)N1CCSC(C)(C)C1. The van der Waals surface area contributed by atoms with Crippen LogP contribution in [0.5, 0.6) is 0 Å². The third-order valence-electron chi connectivity index (χ3n) is 3.15. The van der Waals surface area contributed by atoms with E-state index in [9.17, 15) is 0 Å². The van der Waals surface area contributed by atoms with E-state index in [-0.39, 0.29) is 0 Å². The first-order chi connectivity index (χ1) is 9.11. The lowest BCUT2D eigenvalue weighted by Gasteiger charge is -2.39. The van der Waals surface area contributed by atoms with Crippen molar-refractivity contribution >= 4 is 17.7 Å². The van der Waals surface area contributed by atoms with Gasteiger partial charge in [-0.3, -0.25) is 4.99 Å². The van der Waals surface area contributed by atoms with Gasteiger partial charge in [-0.25, -0.2) is 4.98 Å². The highest BCUT2D eigenvalue weighted by Crippen LogP contribution is 2.29. The standard InChI is InChI=1S/C13H23N5S/c1-13(2)10-18(8-9-19-13)12(14-3)16-5-7-17-6-4-15-11-17/h4,6,11H,5,7-10H2,1-3H3,(H,14,16). The van der Waals surface area contributed by atoms with Crippen LogP contribution in [0, 0.1) is 0 Å². The molecule has 0 saturated carbocycles. The van der Waals surface area contributed by atoms with Crippen molar-refractivity contribution in [3.8, 4) is 0 Å². The van der Waals surface area contributed by atoms with E-state index in [4.69, 9.17) is 0 Å². The number of aromatic nitrogens is 2. The van der Waals surface area contributed by atoms with Gasteiger partial charge in [0, 0.05) is 56.1 Å². The molecule has 2 heterocycles. The number of nitrogens with one attached hydrogen (secondary N) is 1. The molecule has 1 N–H and O–H groups in total. The Labute approximate surface area is 119 Å². The van der Waals surface area contributed by atoms with Crippen molar-refractivity contribution in [2.24, 2.45) is 4.99 Å². The van der Waals surface area contributed by atoms with Crippen LogP contribution in [0.2, 0.25) is 0 Å². The molecular formula is C13H23N5S. The largest absolute Gasteiger partial charge is 0.354 e. The Bertz CT molecular complexity index is 413. The number of hydrogen-bond acceptors (Lipinski definition) is 3. The Hall–Kier alpha value is -1.17. The minimum atomic E-state index is 0.306. The summed E-state index contributed by atoms with van der Waals surface area (Å²) in [6, 6.07) is 0. The van der Waals surface area contributed by atoms with Crippen LogP contribution in [0.3, 0.4) is 0 Å². The van der Waals surface area contributed by atoms with Gasteiger partial charge in [-0.15, -0.1) is 0 Å². The van der Waals surface area contributed by atoms with Crippen LogP contribution in [-0.4, -0.2) is 57.6 Å².